The molecular weight excluding hydrogens is 364 g/mol. The third-order valence-corrected chi connectivity index (χ3v) is 5.68. The average molecular weight is 383 g/mol. The van der Waals surface area contributed by atoms with Crippen molar-refractivity contribution in [2.24, 2.45) is 0 Å². The Kier molecular flexibility index (Phi) is 6.05. The largest absolute Gasteiger partial charge is 0.481 e. The van der Waals surface area contributed by atoms with Gasteiger partial charge in [0.2, 0.25) is 10.0 Å². The zero-order chi connectivity index (χ0) is 18.6. The van der Waals surface area contributed by atoms with Gasteiger partial charge in [-0.15, -0.1) is 0 Å². The van der Waals surface area contributed by atoms with Crippen molar-refractivity contribution in [3.8, 4) is 5.75 Å². The topological polar surface area (TPSA) is 75.7 Å². The van der Waals surface area contributed by atoms with Gasteiger partial charge in [0.25, 0.3) is 5.91 Å². The molecule has 0 heterocycles. The van der Waals surface area contributed by atoms with E-state index in [4.69, 9.17) is 16.3 Å². The Labute approximate surface area is 152 Å². The van der Waals surface area contributed by atoms with Gasteiger partial charge in [0.05, 0.1) is 5.02 Å². The number of hydrogen-bond acceptors (Lipinski definition) is 4. The van der Waals surface area contributed by atoms with Crippen molar-refractivity contribution in [3.63, 3.8) is 0 Å². The Morgan fingerprint density at radius 1 is 1.16 bits per heavy atom. The van der Waals surface area contributed by atoms with Crippen molar-refractivity contribution in [1.29, 1.82) is 0 Å². The van der Waals surface area contributed by atoms with E-state index in [1.165, 1.54) is 32.3 Å². The van der Waals surface area contributed by atoms with Crippen LogP contribution < -0.4 is 10.1 Å². The average Bonchev–Trinajstić information content (AvgIpc) is 2.57. The van der Waals surface area contributed by atoms with E-state index in [2.05, 4.69) is 5.32 Å². The number of halogens is 1. The van der Waals surface area contributed by atoms with Crippen LogP contribution in [0.4, 0.5) is 5.69 Å². The van der Waals surface area contributed by atoms with Gasteiger partial charge < -0.3 is 10.1 Å². The maximum absolute atomic E-state index is 12.3. The van der Waals surface area contributed by atoms with Gasteiger partial charge in [-0.1, -0.05) is 29.8 Å². The van der Waals surface area contributed by atoms with Crippen LogP contribution in [0.15, 0.2) is 53.4 Å². The Bertz CT molecular complexity index is 854. The SMILES string of the molecule is C[C@H](Oc1ccccc1)C(=O)Nc1ccc(Cl)c(S(=O)(=O)N(C)C)c1. The van der Waals surface area contributed by atoms with Crippen molar-refractivity contribution >= 4 is 33.2 Å². The lowest BCUT2D eigenvalue weighted by atomic mass is 10.3. The fraction of sp³-hybridized carbons (Fsp3) is 0.235. The summed E-state index contributed by atoms with van der Waals surface area (Å²) in [6.07, 6.45) is -0.757. The maximum Gasteiger partial charge on any atom is 0.265 e. The summed E-state index contributed by atoms with van der Waals surface area (Å²) in [4.78, 5) is 12.2. The molecule has 0 bridgehead atoms. The minimum Gasteiger partial charge on any atom is -0.481 e. The van der Waals surface area contributed by atoms with E-state index in [0.29, 0.717) is 11.4 Å². The van der Waals surface area contributed by atoms with E-state index in [1.807, 2.05) is 6.07 Å². The van der Waals surface area contributed by atoms with Crippen molar-refractivity contribution in [1.82, 2.24) is 4.31 Å². The molecule has 0 aromatic heterocycles. The smallest absolute Gasteiger partial charge is 0.265 e. The van der Waals surface area contributed by atoms with E-state index in [1.54, 1.807) is 31.2 Å². The van der Waals surface area contributed by atoms with Gasteiger partial charge in [0.1, 0.15) is 10.6 Å². The zero-order valence-electron chi connectivity index (χ0n) is 14.1. The maximum atomic E-state index is 12.3. The van der Waals surface area contributed by atoms with Crippen LogP contribution >= 0.6 is 11.6 Å². The quantitative estimate of drug-likeness (QED) is 0.833. The van der Waals surface area contributed by atoms with Crippen molar-refractivity contribution < 1.29 is 17.9 Å². The lowest BCUT2D eigenvalue weighted by molar-refractivity contribution is -0.122. The number of rotatable bonds is 6. The van der Waals surface area contributed by atoms with Crippen LogP contribution in [0.25, 0.3) is 0 Å². The van der Waals surface area contributed by atoms with Crippen molar-refractivity contribution in [2.45, 2.75) is 17.9 Å². The summed E-state index contributed by atoms with van der Waals surface area (Å²) in [5.41, 5.74) is 0.318. The highest BCUT2D eigenvalue weighted by molar-refractivity contribution is 7.89. The fourth-order valence-corrected chi connectivity index (χ4v) is 3.37. The number of para-hydroxylation sites is 1. The summed E-state index contributed by atoms with van der Waals surface area (Å²) in [5.74, 6) is 0.163. The molecule has 0 saturated carbocycles. The second-order valence-electron chi connectivity index (χ2n) is 5.50. The minimum absolute atomic E-state index is 0.0754. The molecule has 0 spiro atoms. The van der Waals surface area contributed by atoms with Gasteiger partial charge >= 0.3 is 0 Å². The van der Waals surface area contributed by atoms with Crippen LogP contribution in [0, 0.1) is 0 Å². The van der Waals surface area contributed by atoms with Gasteiger partial charge in [-0.3, -0.25) is 4.79 Å². The summed E-state index contributed by atoms with van der Waals surface area (Å²) in [6, 6.07) is 13.2. The van der Waals surface area contributed by atoms with Crippen LogP contribution in [0.2, 0.25) is 5.02 Å². The number of hydrogen-bond donors (Lipinski definition) is 1. The second kappa shape index (κ2) is 7.86. The third kappa shape index (κ3) is 4.72. The molecule has 1 atom stereocenters. The molecule has 0 aliphatic heterocycles. The van der Waals surface area contributed by atoms with Crippen LogP contribution in [0.3, 0.4) is 0 Å². The molecular formula is C17H19ClN2O4S. The van der Waals surface area contributed by atoms with Crippen LogP contribution in [0.5, 0.6) is 5.75 Å². The first kappa shape index (κ1) is 19.2. The van der Waals surface area contributed by atoms with E-state index in [0.717, 1.165) is 4.31 Å². The minimum atomic E-state index is -3.72. The Balaban J connectivity index is 2.16. The number of anilines is 1. The predicted molar refractivity (Wildman–Crippen MR) is 97.5 cm³/mol. The molecule has 0 radical (unpaired) electrons. The van der Waals surface area contributed by atoms with E-state index < -0.39 is 22.0 Å². The number of amides is 1. The molecule has 6 nitrogen and oxygen atoms in total. The lowest BCUT2D eigenvalue weighted by Gasteiger charge is -2.16. The summed E-state index contributed by atoms with van der Waals surface area (Å²) in [6.45, 7) is 1.61. The number of nitrogens with zero attached hydrogens (tertiary/aromatic N) is 1. The number of ether oxygens (including phenoxy) is 1. The van der Waals surface area contributed by atoms with Gasteiger partial charge in [-0.05, 0) is 37.3 Å². The van der Waals surface area contributed by atoms with Gasteiger partial charge in [-0.25, -0.2) is 12.7 Å². The number of carbonyl (C=O) groups excluding carboxylic acids is 1. The highest BCUT2D eigenvalue weighted by Crippen LogP contribution is 2.27. The number of carbonyl (C=O) groups is 1. The van der Waals surface area contributed by atoms with E-state index >= 15 is 0 Å². The molecule has 0 saturated heterocycles. The molecule has 134 valence electrons. The van der Waals surface area contributed by atoms with Gasteiger partial charge in [-0.2, -0.15) is 0 Å². The summed E-state index contributed by atoms with van der Waals surface area (Å²) in [5, 5.41) is 2.72. The monoisotopic (exact) mass is 382 g/mol. The first-order valence-corrected chi connectivity index (χ1v) is 9.28. The molecule has 25 heavy (non-hydrogen) atoms. The molecule has 2 aromatic rings. The van der Waals surface area contributed by atoms with Crippen molar-refractivity contribution in [2.75, 3.05) is 19.4 Å². The molecule has 1 N–H and O–H groups in total. The van der Waals surface area contributed by atoms with Crippen molar-refractivity contribution in [3.05, 3.63) is 53.6 Å². The molecule has 8 heteroatoms. The lowest BCUT2D eigenvalue weighted by Crippen LogP contribution is -2.30. The Hall–Kier alpha value is -2.09. The summed E-state index contributed by atoms with van der Waals surface area (Å²) >= 11 is 5.99. The fourth-order valence-electron chi connectivity index (χ4n) is 1.98. The zero-order valence-corrected chi connectivity index (χ0v) is 15.6. The van der Waals surface area contributed by atoms with Crippen LogP contribution in [0.1, 0.15) is 6.92 Å². The third-order valence-electron chi connectivity index (χ3n) is 3.38. The molecule has 1 amide bonds. The molecule has 0 unspecified atom stereocenters. The second-order valence-corrected chi connectivity index (χ2v) is 8.02. The summed E-state index contributed by atoms with van der Waals surface area (Å²) in [7, 11) is -0.897. The van der Waals surface area contributed by atoms with Crippen LogP contribution in [-0.2, 0) is 14.8 Å². The standard InChI is InChI=1S/C17H19ClN2O4S/c1-12(24-14-7-5-4-6-8-14)17(21)19-13-9-10-15(18)16(11-13)25(22,23)20(2)3/h4-12H,1-3H3,(H,19,21)/t12-/m0/s1. The highest BCUT2D eigenvalue weighted by atomic mass is 35.5. The van der Waals surface area contributed by atoms with Gasteiger partial charge in [0.15, 0.2) is 6.10 Å². The molecule has 2 aromatic carbocycles. The number of sulfonamides is 1. The molecule has 0 aliphatic carbocycles. The predicted octanol–water partition coefficient (Wildman–Crippen LogP) is 3.00. The number of benzene rings is 2. The number of nitrogens with one attached hydrogen (secondary N) is 1. The molecule has 2 rings (SSSR count). The van der Waals surface area contributed by atoms with Crippen LogP contribution in [-0.4, -0.2) is 38.8 Å². The first-order chi connectivity index (χ1) is 11.7. The first-order valence-electron chi connectivity index (χ1n) is 7.46. The Morgan fingerprint density at radius 2 is 1.80 bits per heavy atom. The molecule has 0 aliphatic rings. The highest BCUT2D eigenvalue weighted by Gasteiger charge is 2.22. The van der Waals surface area contributed by atoms with E-state index in [-0.39, 0.29) is 9.92 Å². The van der Waals surface area contributed by atoms with E-state index in [9.17, 15) is 13.2 Å². The molecule has 0 fully saturated rings. The Morgan fingerprint density at radius 3 is 2.40 bits per heavy atom. The summed E-state index contributed by atoms with van der Waals surface area (Å²) < 4.78 is 31.1. The normalized spacial score (nSPS) is 12.7. The van der Waals surface area contributed by atoms with Gasteiger partial charge in [0, 0.05) is 19.8 Å².